The Morgan fingerprint density at radius 3 is 2.69 bits per heavy atom. The van der Waals surface area contributed by atoms with Crippen molar-refractivity contribution in [1.29, 1.82) is 0 Å². The molecule has 1 aromatic rings. The molecule has 1 N–H and O–H groups in total. The van der Waals surface area contributed by atoms with Gasteiger partial charge in [-0.15, -0.1) is 0 Å². The van der Waals surface area contributed by atoms with E-state index in [0.29, 0.717) is 0 Å². The second kappa shape index (κ2) is 4.38. The highest BCUT2D eigenvalue weighted by Crippen LogP contribution is 2.25. The summed E-state index contributed by atoms with van der Waals surface area (Å²) in [6.45, 7) is 1.88. The van der Waals surface area contributed by atoms with E-state index in [2.05, 4.69) is 15.9 Å². The number of rotatable bonds is 2. The van der Waals surface area contributed by atoms with Gasteiger partial charge in [-0.2, -0.15) is 0 Å². The predicted octanol–water partition coefficient (Wildman–Crippen LogP) is 2.14. The standard InChI is InChI=1S/C10H9BrO2/c1-7-4-2-3-5-8(7)10(13)9(11)6-12/h2-5,10,13H,1H3. The van der Waals surface area contributed by atoms with Crippen LogP contribution in [0.25, 0.3) is 0 Å². The van der Waals surface area contributed by atoms with Gasteiger partial charge in [0.2, 0.25) is 0 Å². The minimum atomic E-state index is -0.904. The van der Waals surface area contributed by atoms with Crippen LogP contribution in [0.5, 0.6) is 0 Å². The molecule has 68 valence electrons. The number of hydrogen-bond donors (Lipinski definition) is 1. The van der Waals surface area contributed by atoms with Gasteiger partial charge in [0.15, 0.2) is 0 Å². The first-order valence-electron chi connectivity index (χ1n) is 3.81. The van der Waals surface area contributed by atoms with Gasteiger partial charge in [0, 0.05) is 0 Å². The smallest absolute Gasteiger partial charge is 0.138 e. The van der Waals surface area contributed by atoms with Crippen molar-refractivity contribution in [2.75, 3.05) is 0 Å². The lowest BCUT2D eigenvalue weighted by atomic mass is 10.0. The van der Waals surface area contributed by atoms with Crippen LogP contribution in [-0.4, -0.2) is 11.0 Å². The second-order valence-corrected chi connectivity index (χ2v) is 3.56. The molecule has 0 aliphatic carbocycles. The Bertz CT molecular complexity index is 354. The van der Waals surface area contributed by atoms with Crippen molar-refractivity contribution in [1.82, 2.24) is 0 Å². The van der Waals surface area contributed by atoms with E-state index in [1.807, 2.05) is 25.1 Å². The van der Waals surface area contributed by atoms with E-state index in [-0.39, 0.29) is 4.48 Å². The lowest BCUT2D eigenvalue weighted by Gasteiger charge is -2.10. The number of aryl methyl sites for hydroxylation is 1. The maximum Gasteiger partial charge on any atom is 0.138 e. The Morgan fingerprint density at radius 2 is 2.15 bits per heavy atom. The Morgan fingerprint density at radius 1 is 1.54 bits per heavy atom. The quantitative estimate of drug-likeness (QED) is 0.805. The number of hydrogen-bond acceptors (Lipinski definition) is 2. The van der Waals surface area contributed by atoms with Crippen molar-refractivity contribution in [2.24, 2.45) is 0 Å². The van der Waals surface area contributed by atoms with E-state index in [9.17, 15) is 9.90 Å². The summed E-state index contributed by atoms with van der Waals surface area (Å²) < 4.78 is 0.127. The highest BCUT2D eigenvalue weighted by atomic mass is 79.9. The van der Waals surface area contributed by atoms with Gasteiger partial charge in [-0.3, -0.25) is 0 Å². The van der Waals surface area contributed by atoms with Gasteiger partial charge < -0.3 is 5.11 Å². The van der Waals surface area contributed by atoms with Gasteiger partial charge >= 0.3 is 0 Å². The van der Waals surface area contributed by atoms with Gasteiger partial charge in [0.1, 0.15) is 16.5 Å². The first-order valence-corrected chi connectivity index (χ1v) is 4.60. The Hall–Kier alpha value is -0.890. The van der Waals surface area contributed by atoms with Crippen LogP contribution in [0, 0.1) is 6.92 Å². The van der Waals surface area contributed by atoms with Gasteiger partial charge in [-0.1, -0.05) is 24.3 Å². The summed E-state index contributed by atoms with van der Waals surface area (Å²) >= 11 is 2.96. The fraction of sp³-hybridized carbons (Fsp3) is 0.200. The molecule has 0 heterocycles. The van der Waals surface area contributed by atoms with Gasteiger partial charge in [0.25, 0.3) is 0 Å². The minimum Gasteiger partial charge on any atom is -0.382 e. The van der Waals surface area contributed by atoms with Gasteiger partial charge in [-0.05, 0) is 34.0 Å². The molecule has 3 heteroatoms. The molecule has 0 aliphatic heterocycles. The van der Waals surface area contributed by atoms with Crippen LogP contribution in [0.1, 0.15) is 17.2 Å². The second-order valence-electron chi connectivity index (χ2n) is 2.71. The van der Waals surface area contributed by atoms with Gasteiger partial charge in [0.05, 0.1) is 0 Å². The molecular weight excluding hydrogens is 232 g/mol. The van der Waals surface area contributed by atoms with E-state index in [0.717, 1.165) is 11.1 Å². The fourth-order valence-corrected chi connectivity index (χ4v) is 1.33. The molecular formula is C10H9BrO2. The molecule has 1 atom stereocenters. The number of aliphatic hydroxyl groups is 1. The summed E-state index contributed by atoms with van der Waals surface area (Å²) in [6, 6.07) is 7.35. The molecule has 0 aliphatic rings. The highest BCUT2D eigenvalue weighted by molar-refractivity contribution is 9.12. The lowest BCUT2D eigenvalue weighted by molar-refractivity contribution is 0.226. The van der Waals surface area contributed by atoms with Crippen molar-refractivity contribution in [3.63, 3.8) is 0 Å². The zero-order valence-corrected chi connectivity index (χ0v) is 8.71. The summed E-state index contributed by atoms with van der Waals surface area (Å²) in [7, 11) is 0. The zero-order valence-electron chi connectivity index (χ0n) is 7.12. The first-order chi connectivity index (χ1) is 6.16. The molecule has 1 unspecified atom stereocenters. The van der Waals surface area contributed by atoms with Crippen molar-refractivity contribution >= 4 is 21.9 Å². The van der Waals surface area contributed by atoms with Crippen LogP contribution in [0.4, 0.5) is 0 Å². The summed E-state index contributed by atoms with van der Waals surface area (Å²) in [5.41, 5.74) is 1.67. The highest BCUT2D eigenvalue weighted by Gasteiger charge is 2.13. The fourth-order valence-electron chi connectivity index (χ4n) is 1.09. The Kier molecular flexibility index (Phi) is 3.43. The monoisotopic (exact) mass is 240 g/mol. The van der Waals surface area contributed by atoms with Crippen LogP contribution >= 0.6 is 15.9 Å². The maximum absolute atomic E-state index is 10.3. The molecule has 2 nitrogen and oxygen atoms in total. The van der Waals surface area contributed by atoms with Gasteiger partial charge in [-0.25, -0.2) is 4.79 Å². The van der Waals surface area contributed by atoms with E-state index in [4.69, 9.17) is 0 Å². The number of halogens is 1. The predicted molar refractivity (Wildman–Crippen MR) is 54.3 cm³/mol. The first kappa shape index (κ1) is 10.2. The maximum atomic E-state index is 10.3. The Labute approximate surface area is 85.0 Å². The third-order valence-electron chi connectivity index (χ3n) is 1.82. The molecule has 0 fully saturated rings. The third-order valence-corrected chi connectivity index (χ3v) is 2.42. The third kappa shape index (κ3) is 2.28. The normalized spacial score (nSPS) is 11.9. The summed E-state index contributed by atoms with van der Waals surface area (Å²) in [4.78, 5) is 10.3. The topological polar surface area (TPSA) is 37.3 Å². The van der Waals surface area contributed by atoms with E-state index >= 15 is 0 Å². The minimum absolute atomic E-state index is 0.127. The van der Waals surface area contributed by atoms with Crippen LogP contribution in [0.2, 0.25) is 0 Å². The molecule has 0 bridgehead atoms. The number of carbonyl (C=O) groups excluding carboxylic acids is 1. The van der Waals surface area contributed by atoms with Crippen LogP contribution < -0.4 is 0 Å². The molecule has 1 aromatic carbocycles. The van der Waals surface area contributed by atoms with Crippen LogP contribution in [0.3, 0.4) is 0 Å². The molecule has 0 aromatic heterocycles. The van der Waals surface area contributed by atoms with E-state index in [1.54, 1.807) is 12.0 Å². The van der Waals surface area contributed by atoms with E-state index in [1.165, 1.54) is 0 Å². The number of aliphatic hydroxyl groups excluding tert-OH is 1. The zero-order chi connectivity index (χ0) is 9.84. The molecule has 0 radical (unpaired) electrons. The molecule has 1 rings (SSSR count). The molecule has 0 amide bonds. The SMILES string of the molecule is Cc1ccccc1C(O)C(Br)=C=O. The van der Waals surface area contributed by atoms with E-state index < -0.39 is 6.10 Å². The average molecular weight is 241 g/mol. The molecule has 0 saturated heterocycles. The Balaban J connectivity index is 3.09. The average Bonchev–Trinajstić information content (AvgIpc) is 2.16. The number of benzene rings is 1. The summed E-state index contributed by atoms with van der Waals surface area (Å²) in [6.07, 6.45) is -0.904. The lowest BCUT2D eigenvalue weighted by Crippen LogP contribution is -1.99. The van der Waals surface area contributed by atoms with Crippen molar-refractivity contribution < 1.29 is 9.90 Å². The largest absolute Gasteiger partial charge is 0.382 e. The van der Waals surface area contributed by atoms with Crippen LogP contribution in [0.15, 0.2) is 28.7 Å². The molecule has 0 spiro atoms. The summed E-state index contributed by atoms with van der Waals surface area (Å²) in [5, 5.41) is 9.62. The summed E-state index contributed by atoms with van der Waals surface area (Å²) in [5.74, 6) is 1.62. The van der Waals surface area contributed by atoms with Crippen molar-refractivity contribution in [3.05, 3.63) is 39.9 Å². The molecule has 0 saturated carbocycles. The van der Waals surface area contributed by atoms with Crippen molar-refractivity contribution in [3.8, 4) is 0 Å². The molecule has 13 heavy (non-hydrogen) atoms. The van der Waals surface area contributed by atoms with Crippen LogP contribution in [-0.2, 0) is 4.79 Å². The van der Waals surface area contributed by atoms with Crippen molar-refractivity contribution in [2.45, 2.75) is 13.0 Å².